The third-order valence-electron chi connectivity index (χ3n) is 3.29. The van der Waals surface area contributed by atoms with Gasteiger partial charge in [0.15, 0.2) is 0 Å². The molecular formula is C14H23N3S. The molecule has 2 heterocycles. The summed E-state index contributed by atoms with van der Waals surface area (Å²) in [7, 11) is 1.97. The Morgan fingerprint density at radius 2 is 2.00 bits per heavy atom. The van der Waals surface area contributed by atoms with Gasteiger partial charge < -0.3 is 10.2 Å². The Morgan fingerprint density at radius 1 is 1.33 bits per heavy atom. The van der Waals surface area contributed by atoms with Crippen molar-refractivity contribution in [2.75, 3.05) is 25.0 Å². The minimum atomic E-state index is 0.688. The van der Waals surface area contributed by atoms with Crippen LogP contribution in [0.15, 0.2) is 12.1 Å². The molecule has 3 nitrogen and oxygen atoms in total. The van der Waals surface area contributed by atoms with Gasteiger partial charge in [0, 0.05) is 35.8 Å². The SMILES string of the molecule is CNCc1ccc(N2CC(C)SC(C)C2)nc1C. The van der Waals surface area contributed by atoms with Crippen molar-refractivity contribution in [3.05, 3.63) is 23.4 Å². The third-order valence-corrected chi connectivity index (χ3v) is 4.52. The van der Waals surface area contributed by atoms with Crippen LogP contribution < -0.4 is 10.2 Å². The summed E-state index contributed by atoms with van der Waals surface area (Å²) in [5, 5.41) is 4.56. The Balaban J connectivity index is 2.15. The lowest BCUT2D eigenvalue weighted by Crippen LogP contribution is -2.40. The number of pyridine rings is 1. The number of nitrogens with one attached hydrogen (secondary N) is 1. The molecule has 1 aromatic rings. The van der Waals surface area contributed by atoms with Crippen molar-refractivity contribution in [3.63, 3.8) is 0 Å². The fraction of sp³-hybridized carbons (Fsp3) is 0.643. The van der Waals surface area contributed by atoms with Gasteiger partial charge in [-0.1, -0.05) is 19.9 Å². The smallest absolute Gasteiger partial charge is 0.128 e. The van der Waals surface area contributed by atoms with Gasteiger partial charge in [0.1, 0.15) is 5.82 Å². The van der Waals surface area contributed by atoms with Crippen LogP contribution in [0.25, 0.3) is 0 Å². The van der Waals surface area contributed by atoms with E-state index in [0.29, 0.717) is 10.5 Å². The molecule has 2 atom stereocenters. The van der Waals surface area contributed by atoms with E-state index in [9.17, 15) is 0 Å². The average molecular weight is 265 g/mol. The molecule has 0 amide bonds. The molecule has 0 saturated carbocycles. The van der Waals surface area contributed by atoms with Crippen LogP contribution >= 0.6 is 11.8 Å². The number of hydrogen-bond donors (Lipinski definition) is 1. The third kappa shape index (κ3) is 3.18. The zero-order valence-electron chi connectivity index (χ0n) is 11.7. The highest BCUT2D eigenvalue weighted by Gasteiger charge is 2.23. The lowest BCUT2D eigenvalue weighted by Gasteiger charge is -2.35. The Morgan fingerprint density at radius 3 is 2.56 bits per heavy atom. The van der Waals surface area contributed by atoms with E-state index < -0.39 is 0 Å². The Kier molecular flexibility index (Phi) is 4.51. The van der Waals surface area contributed by atoms with Crippen LogP contribution in [0.2, 0.25) is 0 Å². The van der Waals surface area contributed by atoms with Crippen molar-refractivity contribution in [2.45, 2.75) is 37.8 Å². The summed E-state index contributed by atoms with van der Waals surface area (Å²) < 4.78 is 0. The Bertz CT molecular complexity index is 398. The fourth-order valence-electron chi connectivity index (χ4n) is 2.49. The normalized spacial score (nSPS) is 24.3. The minimum Gasteiger partial charge on any atom is -0.354 e. The van der Waals surface area contributed by atoms with Gasteiger partial charge in [0.05, 0.1) is 0 Å². The number of rotatable bonds is 3. The highest BCUT2D eigenvalue weighted by molar-refractivity contribution is 8.00. The van der Waals surface area contributed by atoms with E-state index >= 15 is 0 Å². The molecule has 0 spiro atoms. The first-order chi connectivity index (χ1) is 8.60. The molecule has 1 aromatic heterocycles. The summed E-state index contributed by atoms with van der Waals surface area (Å²) in [5.74, 6) is 1.13. The molecule has 18 heavy (non-hydrogen) atoms. The zero-order valence-corrected chi connectivity index (χ0v) is 12.5. The molecule has 0 aliphatic carbocycles. The molecule has 2 rings (SSSR count). The average Bonchev–Trinajstić information content (AvgIpc) is 2.30. The summed E-state index contributed by atoms with van der Waals surface area (Å²) in [6.45, 7) is 9.80. The standard InChI is InChI=1S/C14H23N3S/c1-10-8-17(9-11(2)18-10)14-6-5-13(7-15-4)12(3)16-14/h5-6,10-11,15H,7-9H2,1-4H3. The first kappa shape index (κ1) is 13.7. The predicted molar refractivity (Wildman–Crippen MR) is 80.5 cm³/mol. The summed E-state index contributed by atoms with van der Waals surface area (Å²) in [6.07, 6.45) is 0. The summed E-state index contributed by atoms with van der Waals surface area (Å²) in [6, 6.07) is 4.36. The number of aromatic nitrogens is 1. The molecule has 1 aliphatic heterocycles. The molecule has 100 valence electrons. The van der Waals surface area contributed by atoms with Crippen LogP contribution in [0.5, 0.6) is 0 Å². The number of hydrogen-bond acceptors (Lipinski definition) is 4. The molecule has 0 aromatic carbocycles. The quantitative estimate of drug-likeness (QED) is 0.908. The lowest BCUT2D eigenvalue weighted by molar-refractivity contribution is 0.715. The van der Waals surface area contributed by atoms with E-state index in [1.54, 1.807) is 0 Å². The van der Waals surface area contributed by atoms with Gasteiger partial charge in [0.25, 0.3) is 0 Å². The van der Waals surface area contributed by atoms with Crippen molar-refractivity contribution in [1.29, 1.82) is 0 Å². The first-order valence-electron chi connectivity index (χ1n) is 6.61. The number of aryl methyl sites for hydroxylation is 1. The van der Waals surface area contributed by atoms with E-state index in [-0.39, 0.29) is 0 Å². The molecule has 0 radical (unpaired) electrons. The zero-order chi connectivity index (χ0) is 13.1. The Hall–Kier alpha value is -0.740. The summed E-state index contributed by atoms with van der Waals surface area (Å²) in [5.41, 5.74) is 2.43. The van der Waals surface area contributed by atoms with Crippen molar-refractivity contribution in [2.24, 2.45) is 0 Å². The van der Waals surface area contributed by atoms with E-state index in [2.05, 4.69) is 54.9 Å². The van der Waals surface area contributed by atoms with Crippen molar-refractivity contribution in [3.8, 4) is 0 Å². The van der Waals surface area contributed by atoms with Gasteiger partial charge in [-0.05, 0) is 25.6 Å². The van der Waals surface area contributed by atoms with Crippen LogP contribution in [0.1, 0.15) is 25.1 Å². The number of anilines is 1. The van der Waals surface area contributed by atoms with Crippen LogP contribution in [-0.4, -0.2) is 35.6 Å². The van der Waals surface area contributed by atoms with Gasteiger partial charge in [0.2, 0.25) is 0 Å². The molecule has 1 fully saturated rings. The molecule has 1 N–H and O–H groups in total. The second-order valence-electron chi connectivity index (χ2n) is 5.11. The second-order valence-corrected chi connectivity index (χ2v) is 6.99. The van der Waals surface area contributed by atoms with Crippen LogP contribution in [0.3, 0.4) is 0 Å². The fourth-order valence-corrected chi connectivity index (χ4v) is 3.82. The highest BCUT2D eigenvalue weighted by atomic mass is 32.2. The topological polar surface area (TPSA) is 28.2 Å². The maximum atomic E-state index is 4.76. The molecule has 2 unspecified atom stereocenters. The van der Waals surface area contributed by atoms with Crippen molar-refractivity contribution < 1.29 is 0 Å². The van der Waals surface area contributed by atoms with Gasteiger partial charge in [-0.2, -0.15) is 11.8 Å². The summed E-state index contributed by atoms with van der Waals surface area (Å²) >= 11 is 2.08. The molecule has 4 heteroatoms. The molecular weight excluding hydrogens is 242 g/mol. The largest absolute Gasteiger partial charge is 0.354 e. The van der Waals surface area contributed by atoms with Gasteiger partial charge in [-0.15, -0.1) is 0 Å². The molecule has 0 bridgehead atoms. The van der Waals surface area contributed by atoms with Crippen LogP contribution in [0.4, 0.5) is 5.82 Å². The van der Waals surface area contributed by atoms with E-state index in [1.165, 1.54) is 5.56 Å². The van der Waals surface area contributed by atoms with Gasteiger partial charge >= 0.3 is 0 Å². The maximum absolute atomic E-state index is 4.76. The lowest BCUT2D eigenvalue weighted by atomic mass is 10.2. The first-order valence-corrected chi connectivity index (χ1v) is 7.56. The maximum Gasteiger partial charge on any atom is 0.128 e. The Labute approximate surface area is 114 Å². The monoisotopic (exact) mass is 265 g/mol. The highest BCUT2D eigenvalue weighted by Crippen LogP contribution is 2.28. The van der Waals surface area contributed by atoms with Crippen LogP contribution in [0, 0.1) is 6.92 Å². The predicted octanol–water partition coefficient (Wildman–Crippen LogP) is 2.44. The van der Waals surface area contributed by atoms with E-state index in [0.717, 1.165) is 31.1 Å². The summed E-state index contributed by atoms with van der Waals surface area (Å²) in [4.78, 5) is 7.18. The second kappa shape index (κ2) is 5.93. The van der Waals surface area contributed by atoms with E-state index in [1.807, 2.05) is 7.05 Å². The minimum absolute atomic E-state index is 0.688. The molecule has 1 aliphatic rings. The number of nitrogens with zero attached hydrogens (tertiary/aromatic N) is 2. The van der Waals surface area contributed by atoms with Crippen molar-refractivity contribution >= 4 is 17.6 Å². The number of thioether (sulfide) groups is 1. The van der Waals surface area contributed by atoms with Crippen LogP contribution in [-0.2, 0) is 6.54 Å². The van der Waals surface area contributed by atoms with Gasteiger partial charge in [-0.3, -0.25) is 0 Å². The van der Waals surface area contributed by atoms with Gasteiger partial charge in [-0.25, -0.2) is 4.98 Å². The van der Waals surface area contributed by atoms with Crippen molar-refractivity contribution in [1.82, 2.24) is 10.3 Å². The van der Waals surface area contributed by atoms with E-state index in [4.69, 9.17) is 4.98 Å². The molecule has 1 saturated heterocycles.